The number of carbonyl (C=O) groups is 1. The van der Waals surface area contributed by atoms with Crippen molar-refractivity contribution in [3.63, 3.8) is 0 Å². The molecule has 0 aliphatic carbocycles. The van der Waals surface area contributed by atoms with Crippen LogP contribution in [0.3, 0.4) is 0 Å². The third-order valence-electron chi connectivity index (χ3n) is 2.62. The van der Waals surface area contributed by atoms with Gasteiger partial charge in [0.2, 0.25) is 0 Å². The van der Waals surface area contributed by atoms with Crippen LogP contribution in [-0.4, -0.2) is 73.6 Å². The summed E-state index contributed by atoms with van der Waals surface area (Å²) in [6, 6.07) is 5.50. The van der Waals surface area contributed by atoms with Crippen LogP contribution < -0.4 is 9.46 Å². The van der Waals surface area contributed by atoms with Crippen molar-refractivity contribution in [1.82, 2.24) is 4.72 Å². The summed E-state index contributed by atoms with van der Waals surface area (Å²) < 4.78 is 43.2. The standard InChI is InChI=1S/C14H19F2NO3S.K/c1-14(2,3)21(19)17-12(7-8-18)10-5-4-6-11(9-10)20-13(15)16;/h4-6,8-9,12-13,17H,7H2,1-3H3;/t12-,21-;/m0./s1. The smallest absolute Gasteiger partial charge is 0.387 e. The van der Waals surface area contributed by atoms with Crippen LogP contribution in [0.1, 0.15) is 38.8 Å². The van der Waals surface area contributed by atoms with Gasteiger partial charge in [-0.25, -0.2) is 0 Å². The molecule has 0 aliphatic heterocycles. The van der Waals surface area contributed by atoms with E-state index < -0.39 is 28.8 Å². The van der Waals surface area contributed by atoms with Gasteiger partial charge in [0.05, 0.1) is 6.04 Å². The first kappa shape index (κ1) is 22.5. The number of aldehydes is 1. The summed E-state index contributed by atoms with van der Waals surface area (Å²) in [6.07, 6.45) is 0.776. The van der Waals surface area contributed by atoms with E-state index in [0.717, 1.165) is 0 Å². The Morgan fingerprint density at radius 1 is 1.41 bits per heavy atom. The Morgan fingerprint density at radius 3 is 2.55 bits per heavy atom. The van der Waals surface area contributed by atoms with Crippen molar-refractivity contribution in [2.75, 3.05) is 0 Å². The molecule has 22 heavy (non-hydrogen) atoms. The molecule has 0 unspecified atom stereocenters. The minimum absolute atomic E-state index is 0. The molecule has 0 saturated carbocycles. The van der Waals surface area contributed by atoms with Crippen LogP contribution in [0.5, 0.6) is 5.75 Å². The molecule has 2 atom stereocenters. The second-order valence-electron chi connectivity index (χ2n) is 5.40. The number of ether oxygens (including phenoxy) is 1. The van der Waals surface area contributed by atoms with Gasteiger partial charge in [-0.3, -0.25) is 0 Å². The molecule has 0 spiro atoms. The SMILES string of the molecule is CC(C)(C)[S@+]([O-])N[C@@H](CC=O)c1cccc(OC(F)F)c1.[K]. The quantitative estimate of drug-likeness (QED) is 0.462. The summed E-state index contributed by atoms with van der Waals surface area (Å²) in [5, 5.41) is 0. The Balaban J connectivity index is 0.00000441. The molecule has 119 valence electrons. The molecule has 1 radical (unpaired) electrons. The van der Waals surface area contributed by atoms with Gasteiger partial charge >= 0.3 is 6.61 Å². The molecule has 0 amide bonds. The first-order valence-electron chi connectivity index (χ1n) is 6.40. The molecule has 0 bridgehead atoms. The fraction of sp³-hybridized carbons (Fsp3) is 0.500. The number of nitrogens with one attached hydrogen (secondary N) is 1. The topological polar surface area (TPSA) is 61.4 Å². The number of carbonyl (C=O) groups excluding carboxylic acids is 1. The van der Waals surface area contributed by atoms with Crippen molar-refractivity contribution in [2.24, 2.45) is 0 Å². The molecule has 0 saturated heterocycles. The van der Waals surface area contributed by atoms with Crippen molar-refractivity contribution in [3.05, 3.63) is 29.8 Å². The normalized spacial score (nSPS) is 14.1. The third-order valence-corrected chi connectivity index (χ3v) is 4.23. The molecule has 8 heteroatoms. The molecule has 1 aromatic carbocycles. The maximum absolute atomic E-state index is 12.2. The molecule has 0 aromatic heterocycles. The van der Waals surface area contributed by atoms with Crippen LogP contribution in [0.2, 0.25) is 0 Å². The van der Waals surface area contributed by atoms with E-state index in [4.69, 9.17) is 0 Å². The largest absolute Gasteiger partial charge is 0.598 e. The van der Waals surface area contributed by atoms with Gasteiger partial charge in [0.15, 0.2) is 0 Å². The van der Waals surface area contributed by atoms with Crippen LogP contribution in [0, 0.1) is 0 Å². The predicted molar refractivity (Wildman–Crippen MR) is 83.3 cm³/mol. The summed E-state index contributed by atoms with van der Waals surface area (Å²) in [4.78, 5) is 10.8. The Bertz CT molecular complexity index is 472. The summed E-state index contributed by atoms with van der Waals surface area (Å²) in [5.74, 6) is 0.00161. The van der Waals surface area contributed by atoms with Crippen LogP contribution in [0.25, 0.3) is 0 Å². The number of benzene rings is 1. The van der Waals surface area contributed by atoms with Gasteiger partial charge in [0, 0.05) is 69.2 Å². The van der Waals surface area contributed by atoms with E-state index in [-0.39, 0.29) is 63.6 Å². The average molecular weight is 358 g/mol. The Kier molecular flexibility index (Phi) is 10.6. The van der Waals surface area contributed by atoms with Crippen LogP contribution >= 0.6 is 0 Å². The molecular formula is C14H19F2KNO3S. The summed E-state index contributed by atoms with van der Waals surface area (Å²) in [6.45, 7) is 2.47. The molecule has 1 aromatic rings. The minimum atomic E-state index is -2.92. The van der Waals surface area contributed by atoms with Gasteiger partial charge in [-0.05, 0) is 38.5 Å². The summed E-state index contributed by atoms with van der Waals surface area (Å²) in [5.41, 5.74) is 0.567. The Labute approximate surface area is 175 Å². The van der Waals surface area contributed by atoms with E-state index in [1.165, 1.54) is 12.1 Å². The number of alkyl halides is 2. The van der Waals surface area contributed by atoms with E-state index in [1.807, 2.05) is 0 Å². The summed E-state index contributed by atoms with van der Waals surface area (Å²) >= 11 is -1.38. The molecule has 0 heterocycles. The monoisotopic (exact) mass is 358 g/mol. The van der Waals surface area contributed by atoms with Gasteiger partial charge < -0.3 is 14.1 Å². The molecule has 4 nitrogen and oxygen atoms in total. The minimum Gasteiger partial charge on any atom is -0.598 e. The van der Waals surface area contributed by atoms with E-state index in [1.54, 1.807) is 32.9 Å². The van der Waals surface area contributed by atoms with Crippen molar-refractivity contribution < 1.29 is 22.9 Å². The van der Waals surface area contributed by atoms with Crippen LogP contribution in [0.15, 0.2) is 24.3 Å². The molecule has 1 rings (SSSR count). The second kappa shape index (κ2) is 10.3. The first-order chi connectivity index (χ1) is 9.74. The zero-order chi connectivity index (χ0) is 16.0. The zero-order valence-electron chi connectivity index (χ0n) is 13.1. The fourth-order valence-corrected chi connectivity index (χ4v) is 2.41. The van der Waals surface area contributed by atoms with Gasteiger partial charge in [-0.2, -0.15) is 8.78 Å². The van der Waals surface area contributed by atoms with Gasteiger partial charge in [-0.1, -0.05) is 12.1 Å². The van der Waals surface area contributed by atoms with Gasteiger partial charge in [-0.15, -0.1) is 4.72 Å². The fourth-order valence-electron chi connectivity index (χ4n) is 1.56. The maximum atomic E-state index is 12.2. The average Bonchev–Trinajstić information content (AvgIpc) is 2.36. The summed E-state index contributed by atoms with van der Waals surface area (Å²) in [7, 11) is 0. The number of rotatable bonds is 7. The predicted octanol–water partition coefficient (Wildman–Crippen LogP) is 2.59. The van der Waals surface area contributed by atoms with Crippen molar-refractivity contribution in [2.45, 2.75) is 44.6 Å². The molecule has 0 aliphatic rings. The van der Waals surface area contributed by atoms with E-state index in [0.29, 0.717) is 11.8 Å². The Morgan fingerprint density at radius 2 is 2.05 bits per heavy atom. The van der Waals surface area contributed by atoms with E-state index >= 15 is 0 Å². The Hall–Kier alpha value is 0.456. The number of hydrogen-bond acceptors (Lipinski definition) is 4. The van der Waals surface area contributed by atoms with Gasteiger partial charge in [0.25, 0.3) is 0 Å². The van der Waals surface area contributed by atoms with Crippen molar-refractivity contribution in [1.29, 1.82) is 0 Å². The second-order valence-corrected chi connectivity index (χ2v) is 7.40. The molecule has 1 N–H and O–H groups in total. The first-order valence-corrected chi connectivity index (χ1v) is 7.55. The van der Waals surface area contributed by atoms with Crippen LogP contribution in [0.4, 0.5) is 8.78 Å². The number of halogens is 2. The number of hydrogen-bond donors (Lipinski definition) is 1. The van der Waals surface area contributed by atoms with E-state index in [9.17, 15) is 18.1 Å². The maximum Gasteiger partial charge on any atom is 0.387 e. The van der Waals surface area contributed by atoms with E-state index in [2.05, 4.69) is 9.46 Å². The molecule has 0 fully saturated rings. The zero-order valence-corrected chi connectivity index (χ0v) is 17.1. The third kappa shape index (κ3) is 7.83. The van der Waals surface area contributed by atoms with Crippen molar-refractivity contribution >= 4 is 69.0 Å². The van der Waals surface area contributed by atoms with Crippen LogP contribution in [-0.2, 0) is 16.2 Å². The van der Waals surface area contributed by atoms with Crippen molar-refractivity contribution in [3.8, 4) is 5.75 Å². The van der Waals surface area contributed by atoms with Gasteiger partial charge in [0.1, 0.15) is 16.8 Å². The molecular weight excluding hydrogens is 339 g/mol.